The number of aliphatic hydroxyl groups is 1. The number of aromatic hydroxyl groups is 1. The summed E-state index contributed by atoms with van der Waals surface area (Å²) in [4.78, 5) is 14.0. The highest BCUT2D eigenvalue weighted by Crippen LogP contribution is 2.26. The molecule has 1 unspecified atom stereocenters. The summed E-state index contributed by atoms with van der Waals surface area (Å²) in [7, 11) is 1.45. The molecule has 0 spiro atoms. The molecular weight excluding hydrogens is 294 g/mol. The zero-order chi connectivity index (χ0) is 16.4. The second-order valence-corrected chi connectivity index (χ2v) is 4.32. The van der Waals surface area contributed by atoms with E-state index in [9.17, 15) is 20.3 Å². The topological polar surface area (TPSA) is 111 Å². The normalized spacial score (nSPS) is 12.3. The summed E-state index contributed by atoms with van der Waals surface area (Å²) >= 11 is 0. The molecule has 0 saturated carbocycles. The van der Waals surface area contributed by atoms with Crippen molar-refractivity contribution in [3.8, 4) is 11.5 Å². The first-order valence-electron chi connectivity index (χ1n) is 6.65. The van der Waals surface area contributed by atoms with Gasteiger partial charge < -0.3 is 24.5 Å². The van der Waals surface area contributed by atoms with Crippen LogP contribution in [-0.2, 0) is 9.57 Å². The Kier molecular flexibility index (Phi) is 7.73. The van der Waals surface area contributed by atoms with Crippen molar-refractivity contribution in [1.82, 2.24) is 0 Å². The number of methoxy groups -OCH3 is 1. The van der Waals surface area contributed by atoms with Crippen LogP contribution in [0.25, 0.3) is 6.08 Å². The summed E-state index contributed by atoms with van der Waals surface area (Å²) < 4.78 is 10.1. The molecule has 0 saturated heterocycles. The van der Waals surface area contributed by atoms with Gasteiger partial charge in [0.1, 0.15) is 0 Å². The maximum absolute atomic E-state index is 9.91. The summed E-state index contributed by atoms with van der Waals surface area (Å²) in [6.45, 7) is 0.265. The van der Waals surface area contributed by atoms with E-state index in [0.29, 0.717) is 18.6 Å². The van der Waals surface area contributed by atoms with Crippen molar-refractivity contribution in [2.75, 3.05) is 20.3 Å². The monoisotopic (exact) mass is 313 g/mol. The number of hydrogen-bond acceptors (Lipinski definition) is 7. The average Bonchev–Trinajstić information content (AvgIpc) is 2.49. The van der Waals surface area contributed by atoms with Gasteiger partial charge in [-0.3, -0.25) is 0 Å². The Labute approximate surface area is 127 Å². The second-order valence-electron chi connectivity index (χ2n) is 4.32. The minimum Gasteiger partial charge on any atom is -0.504 e. The lowest BCUT2D eigenvalue weighted by Crippen LogP contribution is -2.10. The van der Waals surface area contributed by atoms with Crippen LogP contribution in [0.4, 0.5) is 0 Å². The first-order chi connectivity index (χ1) is 10.5. The van der Waals surface area contributed by atoms with Crippen molar-refractivity contribution in [3.63, 3.8) is 0 Å². The molecule has 0 radical (unpaired) electrons. The maximum atomic E-state index is 9.91. The Morgan fingerprint density at radius 1 is 1.36 bits per heavy atom. The van der Waals surface area contributed by atoms with Gasteiger partial charge in [0.05, 0.1) is 20.3 Å². The van der Waals surface area contributed by atoms with Crippen molar-refractivity contribution in [1.29, 1.82) is 0 Å². The van der Waals surface area contributed by atoms with Gasteiger partial charge >= 0.3 is 0 Å². The highest BCUT2D eigenvalue weighted by Gasteiger charge is 2.02. The number of hydrogen-bond donors (Lipinski definition) is 2. The van der Waals surface area contributed by atoms with E-state index in [1.807, 2.05) is 0 Å². The molecule has 122 valence electrons. The first kappa shape index (κ1) is 17.7. The highest BCUT2D eigenvalue weighted by atomic mass is 16.9. The standard InChI is InChI=1S/C14H19NO7/c1-20-13-10-11(4-6-12(13)16)5-7-14(17)21-8-2-3-9-22-15(18)19/h4-7,10,14,16-17H,2-3,8-9H2,1H3/b7-5+. The van der Waals surface area contributed by atoms with E-state index in [4.69, 9.17) is 9.47 Å². The van der Waals surface area contributed by atoms with Gasteiger partial charge in [-0.05, 0) is 36.6 Å². The van der Waals surface area contributed by atoms with Crippen LogP contribution < -0.4 is 4.74 Å². The van der Waals surface area contributed by atoms with Crippen molar-refractivity contribution >= 4 is 6.08 Å². The lowest BCUT2D eigenvalue weighted by Gasteiger charge is -2.08. The third-order valence-electron chi connectivity index (χ3n) is 2.68. The van der Waals surface area contributed by atoms with Crippen molar-refractivity contribution in [2.24, 2.45) is 0 Å². The fourth-order valence-electron chi connectivity index (χ4n) is 1.59. The fraction of sp³-hybridized carbons (Fsp3) is 0.429. The second kappa shape index (κ2) is 9.59. The number of aliphatic hydroxyl groups excluding tert-OH is 1. The Morgan fingerprint density at radius 2 is 2.09 bits per heavy atom. The summed E-state index contributed by atoms with van der Waals surface area (Å²) in [5.41, 5.74) is 0.733. The molecule has 2 N–H and O–H groups in total. The first-order valence-corrected chi connectivity index (χ1v) is 6.65. The third kappa shape index (κ3) is 6.91. The molecule has 1 aromatic carbocycles. The minimum absolute atomic E-state index is 0.00952. The van der Waals surface area contributed by atoms with Crippen LogP contribution in [0.2, 0.25) is 0 Å². The third-order valence-corrected chi connectivity index (χ3v) is 2.68. The molecule has 8 nitrogen and oxygen atoms in total. The number of unbranched alkanes of at least 4 members (excludes halogenated alkanes) is 1. The smallest absolute Gasteiger partial charge is 0.294 e. The SMILES string of the molecule is COc1cc(/C=C/C(O)OCCCCO[N+](=O)[O-])ccc1O. The van der Waals surface area contributed by atoms with E-state index in [0.717, 1.165) is 5.56 Å². The van der Waals surface area contributed by atoms with E-state index >= 15 is 0 Å². The predicted molar refractivity (Wildman–Crippen MR) is 77.8 cm³/mol. The van der Waals surface area contributed by atoms with Crippen molar-refractivity contribution < 1.29 is 29.6 Å². The zero-order valence-corrected chi connectivity index (χ0v) is 12.2. The Morgan fingerprint density at radius 3 is 2.77 bits per heavy atom. The number of ether oxygens (including phenoxy) is 2. The molecule has 0 heterocycles. The molecule has 1 aromatic rings. The van der Waals surface area contributed by atoms with E-state index in [-0.39, 0.29) is 19.0 Å². The molecule has 0 bridgehead atoms. The maximum Gasteiger partial charge on any atom is 0.294 e. The average molecular weight is 313 g/mol. The molecule has 22 heavy (non-hydrogen) atoms. The van der Waals surface area contributed by atoms with Crippen LogP contribution in [0.5, 0.6) is 11.5 Å². The van der Waals surface area contributed by atoms with Gasteiger partial charge in [0, 0.05) is 0 Å². The van der Waals surface area contributed by atoms with Crippen molar-refractivity contribution in [3.05, 3.63) is 40.0 Å². The summed E-state index contributed by atoms with van der Waals surface area (Å²) in [5, 5.41) is 28.1. The number of benzene rings is 1. The highest BCUT2D eigenvalue weighted by molar-refractivity contribution is 5.55. The van der Waals surface area contributed by atoms with Crippen LogP contribution in [0.1, 0.15) is 18.4 Å². The van der Waals surface area contributed by atoms with Gasteiger partial charge in [-0.2, -0.15) is 0 Å². The van der Waals surface area contributed by atoms with Crippen molar-refractivity contribution in [2.45, 2.75) is 19.1 Å². The molecule has 0 amide bonds. The van der Waals surface area contributed by atoms with Gasteiger partial charge in [0.15, 0.2) is 17.8 Å². The van der Waals surface area contributed by atoms with E-state index in [1.165, 1.54) is 19.3 Å². The van der Waals surface area contributed by atoms with E-state index in [1.54, 1.807) is 18.2 Å². The summed E-state index contributed by atoms with van der Waals surface area (Å²) in [6.07, 6.45) is 2.98. The molecule has 1 atom stereocenters. The number of nitrogens with zero attached hydrogens (tertiary/aromatic N) is 1. The van der Waals surface area contributed by atoms with Crippen LogP contribution in [-0.4, -0.2) is 41.9 Å². The Bertz CT molecular complexity index is 504. The molecule has 0 fully saturated rings. The molecule has 1 rings (SSSR count). The lowest BCUT2D eigenvalue weighted by molar-refractivity contribution is -0.757. The Hall–Kier alpha value is -2.32. The van der Waals surface area contributed by atoms with E-state index in [2.05, 4.69) is 4.84 Å². The minimum atomic E-state index is -1.09. The van der Waals surface area contributed by atoms with Crippen LogP contribution in [0.15, 0.2) is 24.3 Å². The quantitative estimate of drug-likeness (QED) is 0.293. The van der Waals surface area contributed by atoms with Crippen LogP contribution >= 0.6 is 0 Å². The molecular formula is C14H19NO7. The molecule has 0 aromatic heterocycles. The Balaban J connectivity index is 2.29. The molecule has 0 aliphatic heterocycles. The van der Waals surface area contributed by atoms with Gasteiger partial charge in [0.25, 0.3) is 5.09 Å². The van der Waals surface area contributed by atoms with E-state index < -0.39 is 11.4 Å². The summed E-state index contributed by atoms with van der Waals surface area (Å²) in [6, 6.07) is 4.77. The molecule has 8 heteroatoms. The number of phenols is 1. The van der Waals surface area contributed by atoms with Crippen LogP contribution in [0, 0.1) is 10.1 Å². The molecule has 0 aliphatic carbocycles. The number of phenolic OH excluding ortho intramolecular Hbond substituents is 1. The van der Waals surface area contributed by atoms with Gasteiger partial charge in [0.2, 0.25) is 0 Å². The lowest BCUT2D eigenvalue weighted by atomic mass is 10.2. The number of rotatable bonds is 10. The predicted octanol–water partition coefficient (Wildman–Crippen LogP) is 1.74. The van der Waals surface area contributed by atoms with Crippen LogP contribution in [0.3, 0.4) is 0 Å². The summed E-state index contributed by atoms with van der Waals surface area (Å²) in [5.74, 6) is 0.372. The molecule has 0 aliphatic rings. The van der Waals surface area contributed by atoms with Gasteiger partial charge in [-0.25, -0.2) is 0 Å². The zero-order valence-electron chi connectivity index (χ0n) is 12.2. The largest absolute Gasteiger partial charge is 0.504 e. The van der Waals surface area contributed by atoms with Gasteiger partial charge in [-0.15, -0.1) is 10.1 Å². The van der Waals surface area contributed by atoms with Gasteiger partial charge in [-0.1, -0.05) is 12.1 Å². The fourth-order valence-corrected chi connectivity index (χ4v) is 1.59.